The van der Waals surface area contributed by atoms with Crippen LogP contribution >= 0.6 is 0 Å². The van der Waals surface area contributed by atoms with Crippen molar-refractivity contribution in [3.05, 3.63) is 59.7 Å². The fourth-order valence-corrected chi connectivity index (χ4v) is 3.49. The monoisotopic (exact) mass is 340 g/mol. The van der Waals surface area contributed by atoms with E-state index in [1.54, 1.807) is 14.2 Å². The van der Waals surface area contributed by atoms with Crippen LogP contribution < -0.4 is 9.47 Å². The second-order valence-corrected chi connectivity index (χ2v) is 6.53. The molecule has 0 bridgehead atoms. The summed E-state index contributed by atoms with van der Waals surface area (Å²) in [6.45, 7) is 6.31. The Kier molecular flexibility index (Phi) is 6.31. The Morgan fingerprint density at radius 2 is 1.12 bits per heavy atom. The van der Waals surface area contributed by atoms with Crippen LogP contribution in [-0.2, 0) is 13.1 Å². The van der Waals surface area contributed by atoms with Crippen molar-refractivity contribution in [2.24, 2.45) is 0 Å². The lowest BCUT2D eigenvalue weighted by molar-refractivity contribution is 0.243. The Labute approximate surface area is 151 Å². The Morgan fingerprint density at radius 3 is 1.56 bits per heavy atom. The first-order valence-corrected chi connectivity index (χ1v) is 8.98. The van der Waals surface area contributed by atoms with Gasteiger partial charge in [-0.15, -0.1) is 0 Å². The van der Waals surface area contributed by atoms with Gasteiger partial charge in [0.1, 0.15) is 11.5 Å². The molecule has 3 rings (SSSR count). The van der Waals surface area contributed by atoms with Gasteiger partial charge >= 0.3 is 0 Å². The number of hydrogen-bond acceptors (Lipinski definition) is 4. The van der Waals surface area contributed by atoms with E-state index in [0.717, 1.165) is 50.8 Å². The maximum absolute atomic E-state index is 5.49. The lowest BCUT2D eigenvalue weighted by atomic mass is 10.2. The van der Waals surface area contributed by atoms with Crippen LogP contribution in [0.15, 0.2) is 48.5 Å². The van der Waals surface area contributed by atoms with Crippen LogP contribution in [0.1, 0.15) is 17.5 Å². The van der Waals surface area contributed by atoms with Crippen LogP contribution in [0.25, 0.3) is 0 Å². The van der Waals surface area contributed by atoms with E-state index < -0.39 is 0 Å². The average Bonchev–Trinajstić information content (AvgIpc) is 2.88. The molecule has 1 saturated heterocycles. The van der Waals surface area contributed by atoms with Crippen LogP contribution in [0.3, 0.4) is 0 Å². The Bertz CT molecular complexity index is 617. The van der Waals surface area contributed by atoms with Gasteiger partial charge in [-0.3, -0.25) is 9.80 Å². The highest BCUT2D eigenvalue weighted by Gasteiger charge is 2.17. The molecule has 0 spiro atoms. The number of hydrogen-bond donors (Lipinski definition) is 0. The standard InChI is InChI=1S/C21H28N2O2/c1-24-20-10-5-3-8-18(20)16-22-12-7-13-23(15-14-22)17-19-9-4-6-11-21(19)25-2/h3-6,8-11H,7,12-17H2,1-2H3. The summed E-state index contributed by atoms with van der Waals surface area (Å²) in [6.07, 6.45) is 1.18. The fourth-order valence-electron chi connectivity index (χ4n) is 3.49. The molecule has 0 unspecified atom stereocenters. The van der Waals surface area contributed by atoms with E-state index in [1.807, 2.05) is 24.3 Å². The highest BCUT2D eigenvalue weighted by Crippen LogP contribution is 2.22. The van der Waals surface area contributed by atoms with E-state index in [9.17, 15) is 0 Å². The second-order valence-electron chi connectivity index (χ2n) is 6.53. The molecule has 1 aliphatic rings. The molecule has 2 aromatic carbocycles. The molecule has 0 aliphatic carbocycles. The first-order chi connectivity index (χ1) is 12.3. The van der Waals surface area contributed by atoms with Gasteiger partial charge in [-0.05, 0) is 31.6 Å². The van der Waals surface area contributed by atoms with Gasteiger partial charge in [-0.25, -0.2) is 0 Å². The van der Waals surface area contributed by atoms with Gasteiger partial charge in [0, 0.05) is 37.3 Å². The SMILES string of the molecule is COc1ccccc1CN1CCCN(Cc2ccccc2OC)CC1. The molecule has 0 saturated carbocycles. The topological polar surface area (TPSA) is 24.9 Å². The minimum Gasteiger partial charge on any atom is -0.496 e. The van der Waals surface area contributed by atoms with Gasteiger partial charge in [0.25, 0.3) is 0 Å². The van der Waals surface area contributed by atoms with Crippen molar-refractivity contribution in [2.75, 3.05) is 40.4 Å². The molecule has 4 nitrogen and oxygen atoms in total. The fraction of sp³-hybridized carbons (Fsp3) is 0.429. The average molecular weight is 340 g/mol. The molecule has 0 atom stereocenters. The molecule has 1 aliphatic heterocycles. The van der Waals surface area contributed by atoms with Gasteiger partial charge < -0.3 is 9.47 Å². The minimum atomic E-state index is 0.951. The summed E-state index contributed by atoms with van der Waals surface area (Å²) < 4.78 is 11.0. The lowest BCUT2D eigenvalue weighted by Gasteiger charge is -2.23. The van der Waals surface area contributed by atoms with E-state index >= 15 is 0 Å². The molecular formula is C21H28N2O2. The third kappa shape index (κ3) is 4.74. The summed E-state index contributed by atoms with van der Waals surface area (Å²) in [5.74, 6) is 1.97. The zero-order valence-electron chi connectivity index (χ0n) is 15.3. The Balaban J connectivity index is 1.59. The molecule has 4 heteroatoms. The van der Waals surface area contributed by atoms with Crippen molar-refractivity contribution in [3.63, 3.8) is 0 Å². The van der Waals surface area contributed by atoms with E-state index in [4.69, 9.17) is 9.47 Å². The van der Waals surface area contributed by atoms with Crippen molar-refractivity contribution >= 4 is 0 Å². The van der Waals surface area contributed by atoms with E-state index in [0.29, 0.717) is 0 Å². The van der Waals surface area contributed by atoms with Crippen LogP contribution in [0.5, 0.6) is 11.5 Å². The van der Waals surface area contributed by atoms with Crippen molar-refractivity contribution < 1.29 is 9.47 Å². The summed E-state index contributed by atoms with van der Waals surface area (Å²) in [6, 6.07) is 16.6. The zero-order chi connectivity index (χ0) is 17.5. The largest absolute Gasteiger partial charge is 0.496 e. The minimum absolute atomic E-state index is 0.951. The van der Waals surface area contributed by atoms with E-state index in [-0.39, 0.29) is 0 Å². The summed E-state index contributed by atoms with van der Waals surface area (Å²) in [5.41, 5.74) is 2.53. The zero-order valence-corrected chi connectivity index (χ0v) is 15.3. The Hall–Kier alpha value is -2.04. The summed E-state index contributed by atoms with van der Waals surface area (Å²) in [7, 11) is 3.49. The van der Waals surface area contributed by atoms with Crippen molar-refractivity contribution in [1.82, 2.24) is 9.80 Å². The van der Waals surface area contributed by atoms with Crippen LogP contribution in [0.2, 0.25) is 0 Å². The highest BCUT2D eigenvalue weighted by atomic mass is 16.5. The molecule has 1 fully saturated rings. The first-order valence-electron chi connectivity index (χ1n) is 8.98. The quantitative estimate of drug-likeness (QED) is 0.804. The van der Waals surface area contributed by atoms with Crippen LogP contribution in [0, 0.1) is 0 Å². The van der Waals surface area contributed by atoms with Crippen molar-refractivity contribution in [2.45, 2.75) is 19.5 Å². The Morgan fingerprint density at radius 1 is 0.680 bits per heavy atom. The molecule has 0 amide bonds. The molecule has 2 aromatic rings. The molecule has 0 N–H and O–H groups in total. The molecule has 0 aromatic heterocycles. The summed E-state index contributed by atoms with van der Waals surface area (Å²) in [5, 5.41) is 0. The van der Waals surface area contributed by atoms with Gasteiger partial charge in [0.05, 0.1) is 14.2 Å². The predicted octanol–water partition coefficient (Wildman–Crippen LogP) is 3.41. The maximum Gasteiger partial charge on any atom is 0.123 e. The number of benzene rings is 2. The van der Waals surface area contributed by atoms with Crippen molar-refractivity contribution in [1.29, 1.82) is 0 Å². The molecular weight excluding hydrogens is 312 g/mol. The van der Waals surface area contributed by atoms with Crippen LogP contribution in [-0.4, -0.2) is 50.2 Å². The summed E-state index contributed by atoms with van der Waals surface area (Å²) in [4.78, 5) is 5.06. The number of methoxy groups -OCH3 is 2. The predicted molar refractivity (Wildman–Crippen MR) is 101 cm³/mol. The van der Waals surface area contributed by atoms with Gasteiger partial charge in [0.15, 0.2) is 0 Å². The number of ether oxygens (including phenoxy) is 2. The molecule has 0 radical (unpaired) electrons. The van der Waals surface area contributed by atoms with Crippen molar-refractivity contribution in [3.8, 4) is 11.5 Å². The lowest BCUT2D eigenvalue weighted by Crippen LogP contribution is -2.30. The molecule has 134 valence electrons. The normalized spacial score (nSPS) is 16.4. The van der Waals surface area contributed by atoms with Gasteiger partial charge in [0.2, 0.25) is 0 Å². The molecule has 1 heterocycles. The second kappa shape index (κ2) is 8.88. The molecule has 25 heavy (non-hydrogen) atoms. The van der Waals surface area contributed by atoms with Gasteiger partial charge in [-0.2, -0.15) is 0 Å². The van der Waals surface area contributed by atoms with E-state index in [1.165, 1.54) is 17.5 Å². The third-order valence-corrected chi connectivity index (χ3v) is 4.85. The van der Waals surface area contributed by atoms with E-state index in [2.05, 4.69) is 34.1 Å². The summed E-state index contributed by atoms with van der Waals surface area (Å²) >= 11 is 0. The maximum atomic E-state index is 5.49. The first kappa shape index (κ1) is 17.8. The number of rotatable bonds is 6. The smallest absolute Gasteiger partial charge is 0.123 e. The number of para-hydroxylation sites is 2. The number of nitrogens with zero attached hydrogens (tertiary/aromatic N) is 2. The highest BCUT2D eigenvalue weighted by molar-refractivity contribution is 5.34. The van der Waals surface area contributed by atoms with Crippen LogP contribution in [0.4, 0.5) is 0 Å². The van der Waals surface area contributed by atoms with Gasteiger partial charge in [-0.1, -0.05) is 36.4 Å². The third-order valence-electron chi connectivity index (χ3n) is 4.85.